The Bertz CT molecular complexity index is 957. The maximum atomic E-state index is 12.4. The van der Waals surface area contributed by atoms with Crippen LogP contribution in [-0.4, -0.2) is 25.5 Å². The first-order chi connectivity index (χ1) is 13.0. The Kier molecular flexibility index (Phi) is 6.08. The number of hydrogen-bond donors (Lipinski definition) is 2. The summed E-state index contributed by atoms with van der Waals surface area (Å²) in [5, 5.41) is 7.65. The molecular weight excluding hydrogens is 406 g/mol. The van der Waals surface area contributed by atoms with E-state index in [-0.39, 0.29) is 24.9 Å². The molecule has 0 fully saturated rings. The maximum Gasteiger partial charge on any atom is 0.319 e. The van der Waals surface area contributed by atoms with Gasteiger partial charge in [-0.05, 0) is 47.2 Å². The second kappa shape index (κ2) is 8.68. The molecule has 0 aliphatic carbocycles. The van der Waals surface area contributed by atoms with E-state index in [1.807, 2.05) is 54.6 Å². The fourth-order valence-electron chi connectivity index (χ4n) is 2.69. The van der Waals surface area contributed by atoms with Crippen molar-refractivity contribution in [2.75, 3.05) is 23.8 Å². The lowest BCUT2D eigenvalue weighted by Crippen LogP contribution is -2.34. The van der Waals surface area contributed by atoms with Crippen molar-refractivity contribution in [3.05, 3.63) is 71.2 Å². The Morgan fingerprint density at radius 2 is 1.67 bits per heavy atom. The summed E-state index contributed by atoms with van der Waals surface area (Å²) >= 11 is 3.35. The van der Waals surface area contributed by atoms with E-state index in [9.17, 15) is 9.59 Å². The van der Waals surface area contributed by atoms with Crippen molar-refractivity contribution in [2.24, 2.45) is 0 Å². The number of rotatable bonds is 5. The van der Waals surface area contributed by atoms with E-state index in [4.69, 9.17) is 0 Å². The molecule has 3 rings (SSSR count). The third kappa shape index (κ3) is 5.08. The second-order valence-corrected chi connectivity index (χ2v) is 7.04. The van der Waals surface area contributed by atoms with Gasteiger partial charge in [-0.15, -0.1) is 0 Å². The number of carbonyl (C=O) groups excluding carboxylic acids is 2. The van der Waals surface area contributed by atoms with Crippen LogP contribution in [0.1, 0.15) is 6.42 Å². The first-order valence-corrected chi connectivity index (χ1v) is 9.38. The van der Waals surface area contributed by atoms with Gasteiger partial charge in [0.2, 0.25) is 5.91 Å². The zero-order valence-electron chi connectivity index (χ0n) is 14.9. The standard InChI is InChI=1S/C21H20BrN3O2/c1-25(19-11-6-15-4-2-3-5-16(15)14-19)20(26)12-13-23-21(27)24-18-9-7-17(22)8-10-18/h2-11,14H,12-13H2,1H3,(H2,23,24,27). The lowest BCUT2D eigenvalue weighted by molar-refractivity contribution is -0.118. The number of hydrogen-bond acceptors (Lipinski definition) is 2. The molecular formula is C21H20BrN3O2. The van der Waals surface area contributed by atoms with Crippen LogP contribution in [0, 0.1) is 0 Å². The summed E-state index contributed by atoms with van der Waals surface area (Å²) in [4.78, 5) is 25.9. The highest BCUT2D eigenvalue weighted by atomic mass is 79.9. The molecule has 27 heavy (non-hydrogen) atoms. The normalized spacial score (nSPS) is 10.4. The fourth-order valence-corrected chi connectivity index (χ4v) is 2.95. The van der Waals surface area contributed by atoms with Crippen LogP contribution in [0.15, 0.2) is 71.2 Å². The Balaban J connectivity index is 1.50. The first-order valence-electron chi connectivity index (χ1n) is 8.59. The maximum absolute atomic E-state index is 12.4. The van der Waals surface area contributed by atoms with Crippen molar-refractivity contribution < 1.29 is 9.59 Å². The summed E-state index contributed by atoms with van der Waals surface area (Å²) in [6.45, 7) is 0.263. The van der Waals surface area contributed by atoms with Crippen LogP contribution in [0.2, 0.25) is 0 Å². The van der Waals surface area contributed by atoms with Crippen molar-refractivity contribution in [2.45, 2.75) is 6.42 Å². The Morgan fingerprint density at radius 3 is 2.41 bits per heavy atom. The number of amides is 3. The fraction of sp³-hybridized carbons (Fsp3) is 0.143. The van der Waals surface area contributed by atoms with Crippen LogP contribution < -0.4 is 15.5 Å². The van der Waals surface area contributed by atoms with E-state index in [2.05, 4.69) is 26.6 Å². The molecule has 0 saturated heterocycles. The average molecular weight is 426 g/mol. The van der Waals surface area contributed by atoms with Gasteiger partial charge in [0.15, 0.2) is 0 Å². The van der Waals surface area contributed by atoms with Crippen molar-refractivity contribution in [3.8, 4) is 0 Å². The number of anilines is 2. The number of fused-ring (bicyclic) bond motifs is 1. The van der Waals surface area contributed by atoms with E-state index in [0.717, 1.165) is 20.9 Å². The first kappa shape index (κ1) is 18.9. The molecule has 2 N–H and O–H groups in total. The Labute approximate surface area is 166 Å². The van der Waals surface area contributed by atoms with Crippen LogP contribution in [0.25, 0.3) is 10.8 Å². The highest BCUT2D eigenvalue weighted by Gasteiger charge is 2.12. The van der Waals surface area contributed by atoms with Gasteiger partial charge in [0, 0.05) is 35.9 Å². The second-order valence-electron chi connectivity index (χ2n) is 6.12. The number of carbonyl (C=O) groups is 2. The van der Waals surface area contributed by atoms with Gasteiger partial charge in [-0.1, -0.05) is 46.3 Å². The molecule has 0 saturated carbocycles. The number of benzene rings is 3. The quantitative estimate of drug-likeness (QED) is 0.617. The van der Waals surface area contributed by atoms with Gasteiger partial charge in [-0.25, -0.2) is 4.79 Å². The Hall–Kier alpha value is -2.86. The summed E-state index contributed by atoms with van der Waals surface area (Å²) in [6, 6.07) is 20.9. The summed E-state index contributed by atoms with van der Waals surface area (Å²) in [5.41, 5.74) is 1.52. The molecule has 0 atom stereocenters. The lowest BCUT2D eigenvalue weighted by atomic mass is 10.1. The number of nitrogens with one attached hydrogen (secondary N) is 2. The molecule has 0 heterocycles. The van der Waals surface area contributed by atoms with Crippen LogP contribution >= 0.6 is 15.9 Å². The van der Waals surface area contributed by atoms with Gasteiger partial charge < -0.3 is 15.5 Å². The summed E-state index contributed by atoms with van der Waals surface area (Å²) in [5.74, 6) is -0.0609. The topological polar surface area (TPSA) is 61.4 Å². The van der Waals surface area contributed by atoms with Crippen LogP contribution in [0.5, 0.6) is 0 Å². The molecule has 0 aliphatic heterocycles. The van der Waals surface area contributed by atoms with E-state index in [0.29, 0.717) is 5.69 Å². The highest BCUT2D eigenvalue weighted by molar-refractivity contribution is 9.10. The van der Waals surface area contributed by atoms with Crippen LogP contribution in [0.3, 0.4) is 0 Å². The third-order valence-corrected chi connectivity index (χ3v) is 4.75. The highest BCUT2D eigenvalue weighted by Crippen LogP contribution is 2.21. The molecule has 5 nitrogen and oxygen atoms in total. The van der Waals surface area contributed by atoms with Crippen molar-refractivity contribution in [1.29, 1.82) is 0 Å². The molecule has 0 aromatic heterocycles. The predicted molar refractivity (Wildman–Crippen MR) is 113 cm³/mol. The summed E-state index contributed by atoms with van der Waals surface area (Å²) in [6.07, 6.45) is 0.219. The van der Waals surface area contributed by atoms with E-state index >= 15 is 0 Å². The third-order valence-electron chi connectivity index (χ3n) is 4.22. The monoisotopic (exact) mass is 425 g/mol. The van der Waals surface area contributed by atoms with E-state index in [1.54, 1.807) is 24.1 Å². The van der Waals surface area contributed by atoms with Gasteiger partial charge in [0.1, 0.15) is 0 Å². The lowest BCUT2D eigenvalue weighted by Gasteiger charge is -2.18. The molecule has 0 bridgehead atoms. The molecule has 138 valence electrons. The molecule has 6 heteroatoms. The minimum absolute atomic E-state index is 0.0609. The van der Waals surface area contributed by atoms with Crippen LogP contribution in [0.4, 0.5) is 16.2 Å². The molecule has 3 aromatic carbocycles. The zero-order chi connectivity index (χ0) is 19.2. The van der Waals surface area contributed by atoms with Crippen LogP contribution in [-0.2, 0) is 4.79 Å². The van der Waals surface area contributed by atoms with E-state index in [1.165, 1.54) is 0 Å². The van der Waals surface area contributed by atoms with Gasteiger partial charge in [0.25, 0.3) is 0 Å². The largest absolute Gasteiger partial charge is 0.337 e. The molecule has 3 aromatic rings. The van der Waals surface area contributed by atoms with Crippen molar-refractivity contribution in [3.63, 3.8) is 0 Å². The minimum atomic E-state index is -0.335. The van der Waals surface area contributed by atoms with Gasteiger partial charge in [-0.3, -0.25) is 4.79 Å². The predicted octanol–water partition coefficient (Wildman–Crippen LogP) is 4.78. The number of halogens is 1. The minimum Gasteiger partial charge on any atom is -0.337 e. The average Bonchev–Trinajstić information content (AvgIpc) is 2.68. The van der Waals surface area contributed by atoms with E-state index < -0.39 is 0 Å². The van der Waals surface area contributed by atoms with Gasteiger partial charge in [0.05, 0.1) is 0 Å². The van der Waals surface area contributed by atoms with Gasteiger partial charge in [-0.2, -0.15) is 0 Å². The van der Waals surface area contributed by atoms with Gasteiger partial charge >= 0.3 is 6.03 Å². The molecule has 0 aliphatic rings. The number of urea groups is 1. The molecule has 0 unspecified atom stereocenters. The molecule has 3 amide bonds. The summed E-state index contributed by atoms with van der Waals surface area (Å²) < 4.78 is 0.941. The van der Waals surface area contributed by atoms with Crippen molar-refractivity contribution >= 4 is 50.0 Å². The summed E-state index contributed by atoms with van der Waals surface area (Å²) in [7, 11) is 1.74. The molecule has 0 spiro atoms. The zero-order valence-corrected chi connectivity index (χ0v) is 16.5. The number of nitrogens with zero attached hydrogens (tertiary/aromatic N) is 1. The molecule has 0 radical (unpaired) electrons. The smallest absolute Gasteiger partial charge is 0.319 e. The van der Waals surface area contributed by atoms with Crippen molar-refractivity contribution in [1.82, 2.24) is 5.32 Å². The Morgan fingerprint density at radius 1 is 0.963 bits per heavy atom. The SMILES string of the molecule is CN(C(=O)CCNC(=O)Nc1ccc(Br)cc1)c1ccc2ccccc2c1.